The number of hydrogen-bond acceptors (Lipinski definition) is 4. The topological polar surface area (TPSA) is 67.6 Å². The molecule has 0 saturated heterocycles. The second-order valence-corrected chi connectivity index (χ2v) is 5.42. The fourth-order valence-electron chi connectivity index (χ4n) is 2.02. The smallest absolute Gasteiger partial charge is 0.253 e. The fourth-order valence-corrected chi connectivity index (χ4v) is 2.02. The Hall–Kier alpha value is -1.59. The maximum atomic E-state index is 12.3. The van der Waals surface area contributed by atoms with Crippen molar-refractivity contribution in [3.8, 4) is 0 Å². The summed E-state index contributed by atoms with van der Waals surface area (Å²) in [6, 6.07) is 5.45. The van der Waals surface area contributed by atoms with Gasteiger partial charge < -0.3 is 15.1 Å². The summed E-state index contributed by atoms with van der Waals surface area (Å²) in [5.74, 6) is 6.15. The molecule has 3 N–H and O–H groups in total. The van der Waals surface area contributed by atoms with E-state index in [1.807, 2.05) is 19.1 Å². The summed E-state index contributed by atoms with van der Waals surface area (Å²) in [5, 5.41) is 0. The number of rotatable bonds is 7. The van der Waals surface area contributed by atoms with Gasteiger partial charge >= 0.3 is 0 Å². The van der Waals surface area contributed by atoms with Crippen LogP contribution < -0.4 is 11.3 Å². The molecule has 0 aliphatic heterocycles. The van der Waals surface area contributed by atoms with E-state index in [4.69, 9.17) is 10.6 Å². The predicted molar refractivity (Wildman–Crippen MR) is 79.5 cm³/mol. The molecule has 0 heterocycles. The summed E-state index contributed by atoms with van der Waals surface area (Å²) >= 11 is 0. The number of aryl methyl sites for hydroxylation is 1. The van der Waals surface area contributed by atoms with Crippen molar-refractivity contribution in [3.63, 3.8) is 0 Å². The van der Waals surface area contributed by atoms with Crippen LogP contribution >= 0.6 is 0 Å². The van der Waals surface area contributed by atoms with Gasteiger partial charge in [-0.25, -0.2) is 0 Å². The second-order valence-electron chi connectivity index (χ2n) is 5.42. The summed E-state index contributed by atoms with van der Waals surface area (Å²) in [6.07, 6.45) is 2.57. The minimum Gasteiger partial charge on any atom is -0.379 e. The van der Waals surface area contributed by atoms with E-state index in [1.54, 1.807) is 18.0 Å². The highest BCUT2D eigenvalue weighted by Crippen LogP contribution is 2.28. The Morgan fingerprint density at radius 2 is 2.25 bits per heavy atom. The van der Waals surface area contributed by atoms with E-state index in [0.717, 1.165) is 23.8 Å². The fraction of sp³-hybridized carbons (Fsp3) is 0.533. The summed E-state index contributed by atoms with van der Waals surface area (Å²) in [5.41, 5.74) is 5.06. The third-order valence-electron chi connectivity index (χ3n) is 3.60. The first-order valence-electron chi connectivity index (χ1n) is 7.02. The largest absolute Gasteiger partial charge is 0.379 e. The number of hydrogen-bond donors (Lipinski definition) is 2. The van der Waals surface area contributed by atoms with Gasteiger partial charge in [0.25, 0.3) is 5.91 Å². The first kappa shape index (κ1) is 14.8. The Morgan fingerprint density at radius 3 is 2.85 bits per heavy atom. The first-order valence-corrected chi connectivity index (χ1v) is 7.02. The lowest BCUT2D eigenvalue weighted by Crippen LogP contribution is -2.30. The quantitative estimate of drug-likeness (QED) is 0.453. The zero-order valence-corrected chi connectivity index (χ0v) is 12.2. The number of ether oxygens (including phenoxy) is 1. The van der Waals surface area contributed by atoms with Gasteiger partial charge in [0.2, 0.25) is 0 Å². The molecule has 0 bridgehead atoms. The molecule has 5 heteroatoms. The number of nitrogen functional groups attached to an aromatic ring is 1. The van der Waals surface area contributed by atoms with Gasteiger partial charge in [0.1, 0.15) is 0 Å². The van der Waals surface area contributed by atoms with Crippen LogP contribution in [0.1, 0.15) is 28.8 Å². The van der Waals surface area contributed by atoms with Crippen molar-refractivity contribution in [3.05, 3.63) is 29.3 Å². The highest BCUT2D eigenvalue weighted by Gasteiger charge is 2.21. The number of anilines is 1. The van der Waals surface area contributed by atoms with Crippen LogP contribution in [0.3, 0.4) is 0 Å². The Balaban J connectivity index is 1.83. The molecule has 1 aliphatic rings. The van der Waals surface area contributed by atoms with Gasteiger partial charge in [0, 0.05) is 25.8 Å². The van der Waals surface area contributed by atoms with Crippen molar-refractivity contribution in [2.75, 3.05) is 32.2 Å². The van der Waals surface area contributed by atoms with Crippen LogP contribution in [0.15, 0.2) is 18.2 Å². The molecule has 1 fully saturated rings. The monoisotopic (exact) mass is 277 g/mol. The van der Waals surface area contributed by atoms with E-state index in [9.17, 15) is 4.79 Å². The SMILES string of the molecule is Cc1cc(C(=O)N(C)CCOCC2CC2)ccc1NN. The standard InChI is InChI=1S/C15H23N3O2/c1-11-9-13(5-6-14(11)17-16)15(19)18(2)7-8-20-10-12-3-4-12/h5-6,9,12,17H,3-4,7-8,10,16H2,1-2H3. The van der Waals surface area contributed by atoms with Crippen LogP contribution in [0, 0.1) is 12.8 Å². The van der Waals surface area contributed by atoms with E-state index < -0.39 is 0 Å². The lowest BCUT2D eigenvalue weighted by atomic mass is 10.1. The van der Waals surface area contributed by atoms with Crippen molar-refractivity contribution in [1.29, 1.82) is 0 Å². The molecule has 0 atom stereocenters. The highest BCUT2D eigenvalue weighted by atomic mass is 16.5. The van der Waals surface area contributed by atoms with Crippen molar-refractivity contribution >= 4 is 11.6 Å². The number of nitrogens with zero attached hydrogens (tertiary/aromatic N) is 1. The Morgan fingerprint density at radius 1 is 1.50 bits per heavy atom. The number of nitrogens with two attached hydrogens (primary N) is 1. The molecule has 110 valence electrons. The maximum absolute atomic E-state index is 12.3. The molecule has 0 spiro atoms. The third-order valence-corrected chi connectivity index (χ3v) is 3.60. The highest BCUT2D eigenvalue weighted by molar-refractivity contribution is 5.94. The summed E-state index contributed by atoms with van der Waals surface area (Å²) in [6.45, 7) is 3.96. The molecule has 1 saturated carbocycles. The van der Waals surface area contributed by atoms with Crippen LogP contribution in [0.5, 0.6) is 0 Å². The van der Waals surface area contributed by atoms with Gasteiger partial charge in [0.15, 0.2) is 0 Å². The minimum absolute atomic E-state index is 0.00620. The van der Waals surface area contributed by atoms with Gasteiger partial charge in [-0.3, -0.25) is 10.6 Å². The summed E-state index contributed by atoms with van der Waals surface area (Å²) in [7, 11) is 1.80. The predicted octanol–water partition coefficient (Wildman–Crippen LogP) is 1.78. The number of amides is 1. The number of carbonyl (C=O) groups is 1. The van der Waals surface area contributed by atoms with Crippen molar-refractivity contribution < 1.29 is 9.53 Å². The first-order chi connectivity index (χ1) is 9.61. The molecule has 1 aliphatic carbocycles. The van der Waals surface area contributed by atoms with Crippen molar-refractivity contribution in [1.82, 2.24) is 4.90 Å². The van der Waals surface area contributed by atoms with Crippen LogP contribution in [0.25, 0.3) is 0 Å². The lowest BCUT2D eigenvalue weighted by Gasteiger charge is -2.18. The van der Waals surface area contributed by atoms with Gasteiger partial charge in [-0.05, 0) is 49.4 Å². The lowest BCUT2D eigenvalue weighted by molar-refractivity contribution is 0.0681. The molecule has 20 heavy (non-hydrogen) atoms. The molecule has 1 aromatic rings. The molecule has 1 aromatic carbocycles. The average Bonchev–Trinajstić information content (AvgIpc) is 3.26. The number of likely N-dealkylation sites (N-methyl/N-ethyl adjacent to an activating group) is 1. The number of hydrazine groups is 1. The van der Waals surface area contributed by atoms with E-state index in [1.165, 1.54) is 12.8 Å². The number of carbonyl (C=O) groups excluding carboxylic acids is 1. The van der Waals surface area contributed by atoms with Gasteiger partial charge in [-0.1, -0.05) is 0 Å². The normalized spacial score (nSPS) is 14.2. The molecule has 1 amide bonds. The zero-order valence-electron chi connectivity index (χ0n) is 12.2. The van der Waals surface area contributed by atoms with Crippen molar-refractivity contribution in [2.45, 2.75) is 19.8 Å². The summed E-state index contributed by atoms with van der Waals surface area (Å²) < 4.78 is 5.55. The summed E-state index contributed by atoms with van der Waals surface area (Å²) in [4.78, 5) is 13.9. The van der Waals surface area contributed by atoms with Crippen LogP contribution in [0.4, 0.5) is 5.69 Å². The third kappa shape index (κ3) is 3.95. The van der Waals surface area contributed by atoms with Crippen LogP contribution in [0.2, 0.25) is 0 Å². The van der Waals surface area contributed by atoms with Gasteiger partial charge in [-0.15, -0.1) is 0 Å². The molecule has 0 radical (unpaired) electrons. The molecular weight excluding hydrogens is 254 g/mol. The number of nitrogens with one attached hydrogen (secondary N) is 1. The Labute approximate surface area is 120 Å². The second kappa shape index (κ2) is 6.72. The van der Waals surface area contributed by atoms with Crippen molar-refractivity contribution in [2.24, 2.45) is 11.8 Å². The van der Waals surface area contributed by atoms with E-state index in [0.29, 0.717) is 18.7 Å². The molecule has 2 rings (SSSR count). The average molecular weight is 277 g/mol. The van der Waals surface area contributed by atoms with E-state index in [2.05, 4.69) is 5.43 Å². The van der Waals surface area contributed by atoms with Gasteiger partial charge in [0.05, 0.1) is 12.3 Å². The number of benzene rings is 1. The molecule has 0 aromatic heterocycles. The van der Waals surface area contributed by atoms with Crippen LogP contribution in [-0.4, -0.2) is 37.6 Å². The Kier molecular flexibility index (Phi) is 4.98. The maximum Gasteiger partial charge on any atom is 0.253 e. The molecule has 5 nitrogen and oxygen atoms in total. The van der Waals surface area contributed by atoms with Gasteiger partial charge in [-0.2, -0.15) is 0 Å². The molecular formula is C15H23N3O2. The molecule has 0 unspecified atom stereocenters. The van der Waals surface area contributed by atoms with Crippen LogP contribution in [-0.2, 0) is 4.74 Å². The Bertz CT molecular complexity index is 472. The van der Waals surface area contributed by atoms with E-state index in [-0.39, 0.29) is 5.91 Å². The minimum atomic E-state index is 0.00620. The van der Waals surface area contributed by atoms with E-state index >= 15 is 0 Å². The zero-order chi connectivity index (χ0) is 14.5.